The summed E-state index contributed by atoms with van der Waals surface area (Å²) in [6.45, 7) is 6.21. The maximum Gasteiger partial charge on any atom is 0.113 e. The van der Waals surface area contributed by atoms with Crippen molar-refractivity contribution in [3.63, 3.8) is 0 Å². The average Bonchev–Trinajstić information content (AvgIpc) is 2.74. The lowest BCUT2D eigenvalue weighted by molar-refractivity contribution is 0.0401. The zero-order chi connectivity index (χ0) is 11.0. The highest BCUT2D eigenvalue weighted by atomic mass is 32.1. The van der Waals surface area contributed by atoms with Gasteiger partial charge >= 0.3 is 0 Å². The first-order valence-corrected chi connectivity index (χ1v) is 6.24. The summed E-state index contributed by atoms with van der Waals surface area (Å²) >= 11 is 1.69. The standard InChI is InChI=1S/C11H18N2OS/c1-6-4-5-9(14-6)10(12)11-13-7(2)8(3)15-11/h6,9-10H,4-5,12H2,1-3H3. The third kappa shape index (κ3) is 2.22. The molecule has 3 unspecified atom stereocenters. The number of hydrogen-bond donors (Lipinski definition) is 1. The first-order valence-electron chi connectivity index (χ1n) is 5.43. The lowest BCUT2D eigenvalue weighted by Crippen LogP contribution is -2.26. The molecule has 1 fully saturated rings. The fourth-order valence-corrected chi connectivity index (χ4v) is 2.87. The smallest absolute Gasteiger partial charge is 0.113 e. The third-order valence-corrected chi connectivity index (χ3v) is 4.17. The Bertz CT molecular complexity index is 331. The van der Waals surface area contributed by atoms with Crippen molar-refractivity contribution in [3.05, 3.63) is 15.6 Å². The Labute approximate surface area is 94.7 Å². The highest BCUT2D eigenvalue weighted by Gasteiger charge is 2.30. The highest BCUT2D eigenvalue weighted by Crippen LogP contribution is 2.31. The van der Waals surface area contributed by atoms with Crippen molar-refractivity contribution < 1.29 is 4.74 Å². The van der Waals surface area contributed by atoms with Crippen LogP contribution in [0.5, 0.6) is 0 Å². The second-order valence-corrected chi connectivity index (χ2v) is 5.52. The van der Waals surface area contributed by atoms with Crippen LogP contribution in [0.3, 0.4) is 0 Å². The fraction of sp³-hybridized carbons (Fsp3) is 0.727. The van der Waals surface area contributed by atoms with E-state index in [9.17, 15) is 0 Å². The molecule has 1 saturated heterocycles. The summed E-state index contributed by atoms with van der Waals surface area (Å²) in [7, 11) is 0. The zero-order valence-electron chi connectivity index (χ0n) is 9.49. The monoisotopic (exact) mass is 226 g/mol. The van der Waals surface area contributed by atoms with Crippen LogP contribution >= 0.6 is 11.3 Å². The van der Waals surface area contributed by atoms with Crippen molar-refractivity contribution in [3.8, 4) is 0 Å². The predicted octanol–water partition coefficient (Wildman–Crippen LogP) is 2.33. The number of ether oxygens (including phenoxy) is 1. The van der Waals surface area contributed by atoms with E-state index in [4.69, 9.17) is 10.5 Å². The molecule has 0 aromatic carbocycles. The molecule has 0 aliphatic carbocycles. The minimum atomic E-state index is -0.0488. The molecule has 1 aliphatic rings. The minimum Gasteiger partial charge on any atom is -0.373 e. The largest absolute Gasteiger partial charge is 0.373 e. The SMILES string of the molecule is Cc1nc(C(N)C2CCC(C)O2)sc1C. The third-order valence-electron chi connectivity index (χ3n) is 3.00. The Morgan fingerprint density at radius 3 is 2.67 bits per heavy atom. The molecule has 0 bridgehead atoms. The van der Waals surface area contributed by atoms with E-state index >= 15 is 0 Å². The van der Waals surface area contributed by atoms with E-state index in [1.54, 1.807) is 11.3 Å². The van der Waals surface area contributed by atoms with Crippen LogP contribution in [0, 0.1) is 13.8 Å². The van der Waals surface area contributed by atoms with E-state index in [-0.39, 0.29) is 12.1 Å². The fourth-order valence-electron chi connectivity index (χ4n) is 1.90. The van der Waals surface area contributed by atoms with Gasteiger partial charge in [-0.05, 0) is 33.6 Å². The molecular formula is C11H18N2OS. The van der Waals surface area contributed by atoms with E-state index in [1.807, 2.05) is 6.92 Å². The normalized spacial score (nSPS) is 28.3. The van der Waals surface area contributed by atoms with Gasteiger partial charge in [-0.25, -0.2) is 4.98 Å². The van der Waals surface area contributed by atoms with Crippen molar-refractivity contribution in [2.75, 3.05) is 0 Å². The van der Waals surface area contributed by atoms with Crippen LogP contribution in [-0.2, 0) is 4.74 Å². The molecule has 2 N–H and O–H groups in total. The van der Waals surface area contributed by atoms with E-state index < -0.39 is 0 Å². The van der Waals surface area contributed by atoms with Crippen molar-refractivity contribution in [1.29, 1.82) is 0 Å². The molecule has 2 rings (SSSR count). The molecule has 0 saturated carbocycles. The van der Waals surface area contributed by atoms with Crippen LogP contribution in [0.1, 0.15) is 41.4 Å². The first-order chi connectivity index (χ1) is 7.08. The second-order valence-electron chi connectivity index (χ2n) is 4.28. The van der Waals surface area contributed by atoms with Gasteiger partial charge in [-0.15, -0.1) is 11.3 Å². The Kier molecular flexibility index (Phi) is 3.09. The summed E-state index contributed by atoms with van der Waals surface area (Å²) in [6.07, 6.45) is 2.68. The van der Waals surface area contributed by atoms with Gasteiger partial charge in [0.05, 0.1) is 23.9 Å². The van der Waals surface area contributed by atoms with Crippen molar-refractivity contribution >= 4 is 11.3 Å². The van der Waals surface area contributed by atoms with Crippen LogP contribution in [0.15, 0.2) is 0 Å². The number of aryl methyl sites for hydroxylation is 2. The van der Waals surface area contributed by atoms with Crippen molar-refractivity contribution in [2.45, 2.75) is 51.9 Å². The molecule has 15 heavy (non-hydrogen) atoms. The van der Waals surface area contributed by atoms with Crippen molar-refractivity contribution in [1.82, 2.24) is 4.98 Å². The van der Waals surface area contributed by atoms with E-state index in [0.717, 1.165) is 23.5 Å². The topological polar surface area (TPSA) is 48.1 Å². The van der Waals surface area contributed by atoms with Crippen LogP contribution in [-0.4, -0.2) is 17.2 Å². The van der Waals surface area contributed by atoms with Gasteiger partial charge in [-0.3, -0.25) is 0 Å². The maximum atomic E-state index is 6.17. The molecule has 3 nitrogen and oxygen atoms in total. The molecule has 0 amide bonds. The van der Waals surface area contributed by atoms with E-state index in [1.165, 1.54) is 4.88 Å². The van der Waals surface area contributed by atoms with Gasteiger partial charge in [0, 0.05) is 4.88 Å². The average molecular weight is 226 g/mol. The first kappa shape index (κ1) is 11.0. The summed E-state index contributed by atoms with van der Waals surface area (Å²) in [5.41, 5.74) is 7.26. The van der Waals surface area contributed by atoms with Crippen LogP contribution < -0.4 is 5.73 Å². The number of aromatic nitrogens is 1. The summed E-state index contributed by atoms with van der Waals surface area (Å²) in [5.74, 6) is 0. The predicted molar refractivity (Wildman–Crippen MR) is 62.1 cm³/mol. The lowest BCUT2D eigenvalue weighted by Gasteiger charge is -2.16. The molecule has 0 radical (unpaired) electrons. The lowest BCUT2D eigenvalue weighted by atomic mass is 10.1. The minimum absolute atomic E-state index is 0.0488. The second kappa shape index (κ2) is 4.20. The molecule has 1 aromatic rings. The number of hydrogen-bond acceptors (Lipinski definition) is 4. The Balaban J connectivity index is 2.10. The molecule has 1 aliphatic heterocycles. The van der Waals surface area contributed by atoms with Crippen LogP contribution in [0.25, 0.3) is 0 Å². The summed E-state index contributed by atoms with van der Waals surface area (Å²) in [6, 6.07) is -0.0488. The quantitative estimate of drug-likeness (QED) is 0.842. The Morgan fingerprint density at radius 2 is 2.20 bits per heavy atom. The number of thiazole rings is 1. The van der Waals surface area contributed by atoms with E-state index in [2.05, 4.69) is 18.8 Å². The Hall–Kier alpha value is -0.450. The van der Waals surface area contributed by atoms with Gasteiger partial charge in [0.1, 0.15) is 5.01 Å². The van der Waals surface area contributed by atoms with Crippen molar-refractivity contribution in [2.24, 2.45) is 5.73 Å². The zero-order valence-corrected chi connectivity index (χ0v) is 10.3. The van der Waals surface area contributed by atoms with Crippen LogP contribution in [0.2, 0.25) is 0 Å². The molecule has 1 aromatic heterocycles. The molecule has 84 valence electrons. The summed E-state index contributed by atoms with van der Waals surface area (Å²) in [4.78, 5) is 5.75. The number of nitrogens with two attached hydrogens (primary N) is 1. The van der Waals surface area contributed by atoms with Gasteiger partial charge in [0.2, 0.25) is 0 Å². The molecule has 3 atom stereocenters. The van der Waals surface area contributed by atoms with Gasteiger partial charge in [-0.2, -0.15) is 0 Å². The van der Waals surface area contributed by atoms with E-state index in [0.29, 0.717) is 6.10 Å². The summed E-state index contributed by atoms with van der Waals surface area (Å²) in [5, 5.41) is 1.02. The Morgan fingerprint density at radius 1 is 1.47 bits per heavy atom. The maximum absolute atomic E-state index is 6.17. The summed E-state index contributed by atoms with van der Waals surface area (Å²) < 4.78 is 5.77. The molecule has 2 heterocycles. The van der Waals surface area contributed by atoms with Crippen LogP contribution in [0.4, 0.5) is 0 Å². The molecule has 0 spiro atoms. The number of rotatable bonds is 2. The molecule has 4 heteroatoms. The van der Waals surface area contributed by atoms with Gasteiger partial charge < -0.3 is 10.5 Å². The van der Waals surface area contributed by atoms with Gasteiger partial charge in [0.25, 0.3) is 0 Å². The highest BCUT2D eigenvalue weighted by molar-refractivity contribution is 7.11. The van der Waals surface area contributed by atoms with Gasteiger partial charge in [-0.1, -0.05) is 0 Å². The number of nitrogens with zero attached hydrogens (tertiary/aromatic N) is 1. The van der Waals surface area contributed by atoms with Gasteiger partial charge in [0.15, 0.2) is 0 Å². The molecular weight excluding hydrogens is 208 g/mol.